The van der Waals surface area contributed by atoms with Crippen molar-refractivity contribution < 1.29 is 39.3 Å². The zero-order valence-electron chi connectivity index (χ0n) is 13.6. The van der Waals surface area contributed by atoms with Crippen LogP contribution in [-0.2, 0) is 15.5 Å². The lowest BCUT2D eigenvalue weighted by molar-refractivity contribution is -0.289. The second-order valence-electron chi connectivity index (χ2n) is 5.67. The molecule has 0 fully saturated rings. The highest BCUT2D eigenvalue weighted by molar-refractivity contribution is 7.85. The van der Waals surface area contributed by atoms with Gasteiger partial charge in [0.05, 0.1) is 4.90 Å². The summed E-state index contributed by atoms with van der Waals surface area (Å²) >= 11 is 5.57. The summed E-state index contributed by atoms with van der Waals surface area (Å²) in [6, 6.07) is 4.46. The van der Waals surface area contributed by atoms with Gasteiger partial charge < -0.3 is 4.55 Å². The van der Waals surface area contributed by atoms with E-state index in [-0.39, 0.29) is 11.6 Å². The first kappa shape index (κ1) is 22.3. The van der Waals surface area contributed by atoms with E-state index in [0.717, 1.165) is 12.1 Å². The van der Waals surface area contributed by atoms with E-state index < -0.39 is 48.9 Å². The van der Waals surface area contributed by atoms with E-state index >= 15 is 0 Å². The van der Waals surface area contributed by atoms with Crippen LogP contribution in [0.15, 0.2) is 53.9 Å². The van der Waals surface area contributed by atoms with Gasteiger partial charge in [-0.1, -0.05) is 48.5 Å². The highest BCUT2D eigenvalue weighted by Crippen LogP contribution is 2.57. The molecular weight excluding hydrogens is 434 g/mol. The lowest BCUT2D eigenvalue weighted by atomic mass is 9.72. The molecule has 0 radical (unpaired) electrons. The maximum absolute atomic E-state index is 14.1. The summed E-state index contributed by atoms with van der Waals surface area (Å²) < 4.78 is 119. The fourth-order valence-electron chi connectivity index (χ4n) is 2.86. The number of halogens is 7. The van der Waals surface area contributed by atoms with Crippen molar-refractivity contribution in [2.45, 2.75) is 22.7 Å². The van der Waals surface area contributed by atoms with Crippen molar-refractivity contribution in [3.63, 3.8) is 0 Å². The van der Waals surface area contributed by atoms with Gasteiger partial charge in [0.2, 0.25) is 5.41 Å². The maximum Gasteiger partial charge on any atom is 0.411 e. The molecular formula is C17H10ClF6O3S-. The Bertz CT molecular complexity index is 998. The Hall–Kier alpha value is -2.04. The minimum atomic E-state index is -6.07. The predicted octanol–water partition coefficient (Wildman–Crippen LogP) is 5.30. The summed E-state index contributed by atoms with van der Waals surface area (Å²) in [5.74, 6) is 0. The van der Waals surface area contributed by atoms with E-state index in [9.17, 15) is 39.3 Å². The highest BCUT2D eigenvalue weighted by Gasteiger charge is 2.73. The lowest BCUT2D eigenvalue weighted by Gasteiger charge is -2.39. The summed E-state index contributed by atoms with van der Waals surface area (Å²) in [6.45, 7) is 3.29. The molecule has 0 aromatic heterocycles. The van der Waals surface area contributed by atoms with Crippen molar-refractivity contribution in [2.24, 2.45) is 0 Å². The lowest BCUT2D eigenvalue weighted by Crippen LogP contribution is -2.55. The molecule has 0 atom stereocenters. The Morgan fingerprint density at radius 3 is 2.00 bits per heavy atom. The Morgan fingerprint density at radius 2 is 1.54 bits per heavy atom. The van der Waals surface area contributed by atoms with Crippen LogP contribution in [0.25, 0.3) is 6.08 Å². The Morgan fingerprint density at radius 1 is 0.964 bits per heavy atom. The van der Waals surface area contributed by atoms with Crippen molar-refractivity contribution >= 4 is 27.8 Å². The van der Waals surface area contributed by atoms with Gasteiger partial charge in [-0.15, -0.1) is 0 Å². The average Bonchev–Trinajstić information content (AvgIpc) is 2.52. The van der Waals surface area contributed by atoms with E-state index in [1.807, 2.05) is 0 Å². The summed E-state index contributed by atoms with van der Waals surface area (Å²) in [5.41, 5.74) is -8.06. The van der Waals surface area contributed by atoms with Gasteiger partial charge in [0.15, 0.2) is 0 Å². The molecule has 0 amide bonds. The molecule has 0 aliphatic rings. The van der Waals surface area contributed by atoms with Crippen LogP contribution in [0.5, 0.6) is 0 Å². The highest BCUT2D eigenvalue weighted by atomic mass is 35.5. The first-order chi connectivity index (χ1) is 12.7. The van der Waals surface area contributed by atoms with Crippen LogP contribution in [-0.4, -0.2) is 25.3 Å². The van der Waals surface area contributed by atoms with E-state index in [2.05, 4.69) is 6.58 Å². The molecule has 0 aliphatic heterocycles. The minimum absolute atomic E-state index is 0.0797. The molecule has 152 valence electrons. The molecule has 0 N–H and O–H groups in total. The van der Waals surface area contributed by atoms with E-state index in [0.29, 0.717) is 24.3 Å². The summed E-state index contributed by atoms with van der Waals surface area (Å²) in [7, 11) is -5.71. The number of benzene rings is 2. The van der Waals surface area contributed by atoms with Crippen LogP contribution in [0, 0.1) is 0 Å². The monoisotopic (exact) mass is 443 g/mol. The molecule has 0 aliphatic carbocycles. The SMILES string of the molecule is C=Cc1cccc(C(c2cc(Cl)ccc2S(=O)(=O)[O-])(C(F)(F)F)C(F)(F)F)c1. The van der Waals surface area contributed by atoms with Crippen molar-refractivity contribution in [1.82, 2.24) is 0 Å². The van der Waals surface area contributed by atoms with Gasteiger partial charge in [0.1, 0.15) is 10.1 Å². The van der Waals surface area contributed by atoms with E-state index in [1.165, 1.54) is 6.07 Å². The second kappa shape index (κ2) is 7.09. The number of hydrogen-bond donors (Lipinski definition) is 0. The third-order valence-electron chi connectivity index (χ3n) is 4.02. The number of alkyl halides is 6. The zero-order valence-corrected chi connectivity index (χ0v) is 15.2. The number of hydrogen-bond acceptors (Lipinski definition) is 3. The van der Waals surface area contributed by atoms with Crippen LogP contribution in [0.2, 0.25) is 5.02 Å². The molecule has 2 aromatic rings. The molecule has 0 heterocycles. The van der Waals surface area contributed by atoms with Crippen molar-refractivity contribution in [3.05, 3.63) is 70.8 Å². The van der Waals surface area contributed by atoms with Gasteiger partial charge in [0, 0.05) is 5.02 Å². The van der Waals surface area contributed by atoms with Crippen LogP contribution >= 0.6 is 11.6 Å². The minimum Gasteiger partial charge on any atom is -0.744 e. The largest absolute Gasteiger partial charge is 0.744 e. The average molecular weight is 444 g/mol. The number of rotatable bonds is 4. The molecule has 11 heteroatoms. The standard InChI is InChI=1S/C17H11ClF6O3S/c1-2-10-4-3-5-11(8-10)15(16(19,20)21,17(22,23)24)13-9-12(18)6-7-14(13)28(25,26)27/h2-9H,1H2,(H,25,26,27)/p-1. The Labute approximate surface area is 161 Å². The van der Waals surface area contributed by atoms with Crippen molar-refractivity contribution in [2.75, 3.05) is 0 Å². The van der Waals surface area contributed by atoms with Crippen LogP contribution < -0.4 is 0 Å². The molecule has 0 bridgehead atoms. The molecule has 3 nitrogen and oxygen atoms in total. The van der Waals surface area contributed by atoms with Gasteiger partial charge in [-0.05, 0) is 34.9 Å². The maximum atomic E-state index is 14.1. The fraction of sp³-hybridized carbons (Fsp3) is 0.176. The summed E-state index contributed by atoms with van der Waals surface area (Å²) in [6.07, 6.45) is -11.1. The molecule has 0 unspecified atom stereocenters. The topological polar surface area (TPSA) is 57.2 Å². The smallest absolute Gasteiger partial charge is 0.411 e. The van der Waals surface area contributed by atoms with Gasteiger partial charge in [-0.2, -0.15) is 26.3 Å². The third kappa shape index (κ3) is 3.63. The van der Waals surface area contributed by atoms with Crippen LogP contribution in [0.4, 0.5) is 26.3 Å². The predicted molar refractivity (Wildman–Crippen MR) is 88.8 cm³/mol. The van der Waals surface area contributed by atoms with Gasteiger partial charge in [-0.25, -0.2) is 8.42 Å². The summed E-state index contributed by atoms with van der Waals surface area (Å²) in [5, 5.41) is -0.611. The molecule has 2 aromatic carbocycles. The molecule has 0 saturated carbocycles. The molecule has 2 rings (SSSR count). The third-order valence-corrected chi connectivity index (χ3v) is 5.15. The van der Waals surface area contributed by atoms with E-state index in [1.54, 1.807) is 0 Å². The first-order valence-electron chi connectivity index (χ1n) is 7.28. The quantitative estimate of drug-likeness (QED) is 0.476. The van der Waals surface area contributed by atoms with E-state index in [4.69, 9.17) is 11.6 Å². The zero-order chi connectivity index (χ0) is 21.5. The molecule has 0 saturated heterocycles. The van der Waals surface area contributed by atoms with Gasteiger partial charge in [0.25, 0.3) is 0 Å². The van der Waals surface area contributed by atoms with Crippen LogP contribution in [0.1, 0.15) is 16.7 Å². The Balaban J connectivity index is 3.17. The molecule has 0 spiro atoms. The van der Waals surface area contributed by atoms with Gasteiger partial charge >= 0.3 is 12.4 Å². The van der Waals surface area contributed by atoms with Crippen LogP contribution in [0.3, 0.4) is 0 Å². The van der Waals surface area contributed by atoms with Crippen molar-refractivity contribution in [1.29, 1.82) is 0 Å². The first-order valence-corrected chi connectivity index (χ1v) is 9.07. The summed E-state index contributed by atoms with van der Waals surface area (Å²) in [4.78, 5) is -1.67. The normalized spacial score (nSPS) is 13.4. The second-order valence-corrected chi connectivity index (χ2v) is 7.45. The fourth-order valence-corrected chi connectivity index (χ4v) is 3.75. The molecule has 28 heavy (non-hydrogen) atoms. The van der Waals surface area contributed by atoms with Gasteiger partial charge in [-0.3, -0.25) is 0 Å². The Kier molecular flexibility index (Phi) is 5.63. The van der Waals surface area contributed by atoms with Crippen molar-refractivity contribution in [3.8, 4) is 0 Å².